The molecular formula is C20H18F2N2O5S2. The summed E-state index contributed by atoms with van der Waals surface area (Å²) in [7, 11) is -2.38. The van der Waals surface area contributed by atoms with Crippen LogP contribution in [0.3, 0.4) is 0 Å². The van der Waals surface area contributed by atoms with Crippen molar-refractivity contribution in [1.29, 1.82) is 0 Å². The minimum atomic E-state index is -3.54. The molecule has 0 aliphatic rings. The van der Waals surface area contributed by atoms with E-state index in [1.807, 2.05) is 0 Å². The van der Waals surface area contributed by atoms with Crippen LogP contribution in [0.15, 0.2) is 52.4 Å². The molecule has 1 amide bonds. The summed E-state index contributed by atoms with van der Waals surface area (Å²) in [5, 5.41) is 0. The number of thiazole rings is 1. The summed E-state index contributed by atoms with van der Waals surface area (Å²) in [6.07, 6.45) is -0.139. The van der Waals surface area contributed by atoms with Crippen molar-refractivity contribution in [2.75, 3.05) is 12.9 Å². The van der Waals surface area contributed by atoms with E-state index in [4.69, 9.17) is 0 Å². The molecule has 0 saturated heterocycles. The average molecular weight is 469 g/mol. The van der Waals surface area contributed by atoms with Crippen LogP contribution in [0.25, 0.3) is 10.2 Å². The van der Waals surface area contributed by atoms with E-state index in [0.29, 0.717) is 6.07 Å². The molecule has 0 unspecified atom stereocenters. The van der Waals surface area contributed by atoms with Crippen molar-refractivity contribution in [1.82, 2.24) is 4.57 Å². The van der Waals surface area contributed by atoms with E-state index < -0.39 is 39.9 Å². The van der Waals surface area contributed by atoms with Crippen LogP contribution in [-0.2, 0) is 30.7 Å². The number of esters is 1. The van der Waals surface area contributed by atoms with Crippen LogP contribution in [0.1, 0.15) is 12.8 Å². The number of fused-ring (bicyclic) bond motifs is 1. The number of nitrogens with zero attached hydrogens (tertiary/aromatic N) is 2. The monoisotopic (exact) mass is 468 g/mol. The summed E-state index contributed by atoms with van der Waals surface area (Å²) in [6.45, 7) is -0.423. The van der Waals surface area contributed by atoms with Gasteiger partial charge in [-0.1, -0.05) is 29.5 Å². The summed E-state index contributed by atoms with van der Waals surface area (Å²) in [4.78, 5) is 28.1. The van der Waals surface area contributed by atoms with Gasteiger partial charge in [0.2, 0.25) is 5.91 Å². The topological polar surface area (TPSA) is 94.8 Å². The van der Waals surface area contributed by atoms with Gasteiger partial charge >= 0.3 is 5.97 Å². The summed E-state index contributed by atoms with van der Waals surface area (Å²) < 4.78 is 58.4. The highest BCUT2D eigenvalue weighted by Gasteiger charge is 2.17. The van der Waals surface area contributed by atoms with Crippen molar-refractivity contribution >= 4 is 43.3 Å². The molecule has 0 saturated carbocycles. The van der Waals surface area contributed by atoms with Gasteiger partial charge in [0.25, 0.3) is 0 Å². The first-order valence-electron chi connectivity index (χ1n) is 9.12. The lowest BCUT2D eigenvalue weighted by Gasteiger charge is -2.05. The van der Waals surface area contributed by atoms with Gasteiger partial charge in [-0.2, -0.15) is 4.99 Å². The molecule has 1 heterocycles. The molecule has 1 aromatic heterocycles. The normalized spacial score (nSPS) is 12.3. The number of rotatable bonds is 7. The third-order valence-electron chi connectivity index (χ3n) is 4.34. The Labute approximate surface area is 180 Å². The van der Waals surface area contributed by atoms with Gasteiger partial charge in [-0.25, -0.2) is 17.2 Å². The lowest BCUT2D eigenvalue weighted by Crippen LogP contribution is -2.23. The Morgan fingerprint density at radius 3 is 2.55 bits per heavy atom. The van der Waals surface area contributed by atoms with Gasteiger partial charge in [0, 0.05) is 12.5 Å². The van der Waals surface area contributed by atoms with Crippen molar-refractivity contribution in [3.63, 3.8) is 0 Å². The number of hydrogen-bond donors (Lipinski definition) is 0. The molecule has 3 aromatic rings. The lowest BCUT2D eigenvalue weighted by molar-refractivity contribution is -0.141. The number of benzene rings is 2. The van der Waals surface area contributed by atoms with E-state index >= 15 is 0 Å². The Kier molecular flexibility index (Phi) is 6.96. The number of amides is 1. The van der Waals surface area contributed by atoms with Crippen molar-refractivity contribution in [2.45, 2.75) is 24.3 Å². The third kappa shape index (κ3) is 5.42. The number of halogens is 2. The molecule has 0 atom stereocenters. The molecule has 3 rings (SSSR count). The lowest BCUT2D eigenvalue weighted by atomic mass is 10.3. The molecule has 0 fully saturated rings. The van der Waals surface area contributed by atoms with Crippen LogP contribution in [0.5, 0.6) is 0 Å². The molecule has 0 aliphatic carbocycles. The highest BCUT2D eigenvalue weighted by Crippen LogP contribution is 2.22. The molecule has 164 valence electrons. The maximum atomic E-state index is 14.3. The second kappa shape index (κ2) is 9.48. The van der Waals surface area contributed by atoms with Gasteiger partial charge < -0.3 is 9.30 Å². The first-order valence-corrected chi connectivity index (χ1v) is 11.6. The van der Waals surface area contributed by atoms with Crippen molar-refractivity contribution < 1.29 is 31.5 Å². The third-order valence-corrected chi connectivity index (χ3v) is 7.18. The summed E-state index contributed by atoms with van der Waals surface area (Å²) in [5.41, 5.74) is -0.0741. The number of ether oxygens (including phenoxy) is 1. The number of sulfone groups is 1. The summed E-state index contributed by atoms with van der Waals surface area (Å²) >= 11 is 0.838. The van der Waals surface area contributed by atoms with E-state index in [1.54, 1.807) is 18.2 Å². The Morgan fingerprint density at radius 2 is 1.87 bits per heavy atom. The molecule has 31 heavy (non-hydrogen) atoms. The Morgan fingerprint density at radius 1 is 1.16 bits per heavy atom. The number of carbonyl (C=O) groups is 2. The Bertz CT molecular complexity index is 1300. The predicted molar refractivity (Wildman–Crippen MR) is 110 cm³/mol. The van der Waals surface area contributed by atoms with Crippen LogP contribution < -0.4 is 4.80 Å². The van der Waals surface area contributed by atoms with Crippen LogP contribution in [-0.4, -0.2) is 37.7 Å². The van der Waals surface area contributed by atoms with Crippen LogP contribution >= 0.6 is 11.3 Å². The smallest absolute Gasteiger partial charge is 0.325 e. The fraction of sp³-hybridized carbons (Fsp3) is 0.250. The Balaban J connectivity index is 1.84. The van der Waals surface area contributed by atoms with Crippen molar-refractivity contribution in [2.24, 2.45) is 4.99 Å². The molecule has 0 aliphatic heterocycles. The fourth-order valence-corrected chi connectivity index (χ4v) is 5.29. The maximum Gasteiger partial charge on any atom is 0.325 e. The van der Waals surface area contributed by atoms with Crippen molar-refractivity contribution in [3.8, 4) is 0 Å². The zero-order chi connectivity index (χ0) is 22.6. The fourth-order valence-electron chi connectivity index (χ4n) is 2.88. The van der Waals surface area contributed by atoms with Crippen LogP contribution in [0.4, 0.5) is 8.78 Å². The zero-order valence-electron chi connectivity index (χ0n) is 16.4. The van der Waals surface area contributed by atoms with Crippen LogP contribution in [0.2, 0.25) is 0 Å². The highest BCUT2D eigenvalue weighted by atomic mass is 32.2. The van der Waals surface area contributed by atoms with E-state index in [0.717, 1.165) is 29.1 Å². The van der Waals surface area contributed by atoms with E-state index in [-0.39, 0.29) is 38.5 Å². The molecule has 0 spiro atoms. The standard InChI is InChI=1S/C20H18F2N2O5S2/c1-29-18(26)12-24-19-15(22)10-13(21)11-16(19)30-20(24)23-17(25)8-5-9-31(27,28)14-6-3-2-4-7-14/h2-4,6-7,10-11H,5,8-9,12H2,1H3. The quantitative estimate of drug-likeness (QED) is 0.497. The highest BCUT2D eigenvalue weighted by molar-refractivity contribution is 7.91. The SMILES string of the molecule is COC(=O)Cn1c(=NC(=O)CCCS(=O)(=O)c2ccccc2)sc2cc(F)cc(F)c21. The van der Waals surface area contributed by atoms with Gasteiger partial charge in [-0.3, -0.25) is 9.59 Å². The second-order valence-corrected chi connectivity index (χ2v) is 9.64. The van der Waals surface area contributed by atoms with Gasteiger partial charge in [0.1, 0.15) is 12.4 Å². The molecular weight excluding hydrogens is 450 g/mol. The number of carbonyl (C=O) groups excluding carboxylic acids is 2. The minimum Gasteiger partial charge on any atom is -0.468 e. The van der Waals surface area contributed by atoms with E-state index in [9.17, 15) is 26.8 Å². The number of hydrogen-bond acceptors (Lipinski definition) is 6. The van der Waals surface area contributed by atoms with E-state index in [1.165, 1.54) is 12.1 Å². The van der Waals surface area contributed by atoms with Crippen molar-refractivity contribution in [3.05, 3.63) is 58.9 Å². The largest absolute Gasteiger partial charge is 0.468 e. The average Bonchev–Trinajstić information content (AvgIpc) is 3.05. The molecule has 0 radical (unpaired) electrons. The first-order chi connectivity index (χ1) is 14.7. The van der Waals surface area contributed by atoms with E-state index in [2.05, 4.69) is 9.73 Å². The molecule has 7 nitrogen and oxygen atoms in total. The van der Waals surface area contributed by atoms with Gasteiger partial charge in [-0.05, 0) is 24.6 Å². The Hall–Kier alpha value is -2.92. The minimum absolute atomic E-state index is 0.0131. The van der Waals surface area contributed by atoms with Gasteiger partial charge in [0.15, 0.2) is 20.5 Å². The molecule has 0 N–H and O–H groups in total. The zero-order valence-corrected chi connectivity index (χ0v) is 18.0. The summed E-state index contributed by atoms with van der Waals surface area (Å²) in [5.74, 6) is -3.30. The predicted octanol–water partition coefficient (Wildman–Crippen LogP) is 2.84. The first kappa shape index (κ1) is 22.8. The number of methoxy groups -OCH3 is 1. The summed E-state index contributed by atoms with van der Waals surface area (Å²) in [6, 6.07) is 9.61. The van der Waals surface area contributed by atoms with Gasteiger partial charge in [0.05, 0.1) is 28.0 Å². The number of aromatic nitrogens is 1. The molecule has 0 bridgehead atoms. The maximum absolute atomic E-state index is 14.3. The van der Waals surface area contributed by atoms with Gasteiger partial charge in [-0.15, -0.1) is 0 Å². The molecule has 11 heteroatoms. The molecule has 2 aromatic carbocycles. The van der Waals surface area contributed by atoms with Crippen LogP contribution in [0, 0.1) is 11.6 Å². The second-order valence-electron chi connectivity index (χ2n) is 6.52.